The highest BCUT2D eigenvalue weighted by molar-refractivity contribution is 8.18. The molecule has 3 heterocycles. The minimum Gasteiger partial charge on any atom is -0.456 e. The first-order chi connectivity index (χ1) is 14.4. The summed E-state index contributed by atoms with van der Waals surface area (Å²) < 4.78 is 84.7. The number of benzene rings is 1. The molecule has 0 radical (unpaired) electrons. The van der Waals surface area contributed by atoms with Crippen molar-refractivity contribution >= 4 is 40.0 Å². The number of hydrogen-bond donors (Lipinski definition) is 1. The molecule has 160 valence electrons. The Balaban J connectivity index is 1.87. The molecular formula is C19H8F6N2O3S. The van der Waals surface area contributed by atoms with Gasteiger partial charge in [0.25, 0.3) is 11.1 Å². The van der Waals surface area contributed by atoms with Crippen LogP contribution >= 0.6 is 11.8 Å². The largest absolute Gasteiger partial charge is 0.456 e. The molecule has 1 aliphatic rings. The van der Waals surface area contributed by atoms with Gasteiger partial charge in [-0.3, -0.25) is 19.9 Å². The van der Waals surface area contributed by atoms with E-state index >= 15 is 0 Å². The fourth-order valence-corrected chi connectivity index (χ4v) is 3.58. The zero-order valence-electron chi connectivity index (χ0n) is 14.9. The summed E-state index contributed by atoms with van der Waals surface area (Å²) in [6.45, 7) is 0. The third kappa shape index (κ3) is 4.15. The molecule has 0 saturated carbocycles. The van der Waals surface area contributed by atoms with E-state index in [1.807, 2.05) is 5.32 Å². The fraction of sp³-hybridized carbons (Fsp3) is 0.105. The summed E-state index contributed by atoms with van der Waals surface area (Å²) in [5.74, 6) is -0.582. The van der Waals surface area contributed by atoms with Gasteiger partial charge in [-0.1, -0.05) is 0 Å². The van der Waals surface area contributed by atoms with Crippen LogP contribution in [-0.2, 0) is 17.1 Å². The molecule has 4 rings (SSSR count). The molecule has 0 aliphatic carbocycles. The Hall–Kier alpha value is -3.28. The highest BCUT2D eigenvalue weighted by Crippen LogP contribution is 2.40. The van der Waals surface area contributed by atoms with E-state index in [1.165, 1.54) is 18.3 Å². The van der Waals surface area contributed by atoms with Gasteiger partial charge in [0.1, 0.15) is 11.3 Å². The first kappa shape index (κ1) is 21.0. The maximum Gasteiger partial charge on any atom is 0.416 e. The van der Waals surface area contributed by atoms with Crippen LogP contribution in [0, 0.1) is 0 Å². The number of thioether (sulfide) groups is 1. The van der Waals surface area contributed by atoms with E-state index in [0.29, 0.717) is 23.9 Å². The molecule has 1 saturated heterocycles. The first-order valence-corrected chi connectivity index (χ1v) is 9.16. The van der Waals surface area contributed by atoms with Gasteiger partial charge < -0.3 is 4.42 Å². The summed E-state index contributed by atoms with van der Waals surface area (Å²) in [7, 11) is 0. The SMILES string of the molecule is O=C1NC(=O)/C(=C/c2cc3cncc(-c4cc(C(F)(F)F)cc(C(F)(F)F)c4)c3o2)S1. The minimum atomic E-state index is -5.00. The topological polar surface area (TPSA) is 72.2 Å². The number of rotatable bonds is 2. The molecule has 0 unspecified atom stereocenters. The number of carbonyl (C=O) groups is 2. The Morgan fingerprint density at radius 2 is 1.58 bits per heavy atom. The summed E-state index contributed by atoms with van der Waals surface area (Å²) in [5, 5.41) is 1.75. The molecular weight excluding hydrogens is 450 g/mol. The molecule has 0 atom stereocenters. The van der Waals surface area contributed by atoms with Crippen LogP contribution in [0.2, 0.25) is 0 Å². The normalized spacial score (nSPS) is 16.4. The number of hydrogen-bond acceptors (Lipinski definition) is 5. The van der Waals surface area contributed by atoms with E-state index in [2.05, 4.69) is 4.98 Å². The monoisotopic (exact) mass is 458 g/mol. The van der Waals surface area contributed by atoms with Crippen molar-refractivity contribution in [2.75, 3.05) is 0 Å². The van der Waals surface area contributed by atoms with E-state index < -0.39 is 40.2 Å². The third-order valence-electron chi connectivity index (χ3n) is 4.26. The lowest BCUT2D eigenvalue weighted by molar-refractivity contribution is -0.143. The third-order valence-corrected chi connectivity index (χ3v) is 5.07. The second-order valence-electron chi connectivity index (χ2n) is 6.40. The van der Waals surface area contributed by atoms with Gasteiger partial charge in [-0.2, -0.15) is 26.3 Å². The Bertz CT molecular complexity index is 1230. The molecule has 1 aliphatic heterocycles. The lowest BCUT2D eigenvalue weighted by Gasteiger charge is -2.14. The summed E-state index contributed by atoms with van der Waals surface area (Å²) in [6.07, 6.45) is -6.39. The maximum absolute atomic E-state index is 13.2. The Labute approximate surface area is 173 Å². The number of amides is 2. The molecule has 2 aromatic heterocycles. The predicted octanol–water partition coefficient (Wildman–Crippen LogP) is 5.86. The van der Waals surface area contributed by atoms with Gasteiger partial charge >= 0.3 is 12.4 Å². The van der Waals surface area contributed by atoms with Crippen molar-refractivity contribution in [2.24, 2.45) is 0 Å². The summed E-state index contributed by atoms with van der Waals surface area (Å²) >= 11 is 0.624. The van der Waals surface area contributed by atoms with E-state index in [9.17, 15) is 35.9 Å². The van der Waals surface area contributed by atoms with Crippen LogP contribution in [0.15, 0.2) is 46.0 Å². The van der Waals surface area contributed by atoms with E-state index in [-0.39, 0.29) is 33.3 Å². The van der Waals surface area contributed by atoms with E-state index in [4.69, 9.17) is 4.42 Å². The number of nitrogens with zero attached hydrogens (tertiary/aromatic N) is 1. The van der Waals surface area contributed by atoms with Crippen molar-refractivity contribution in [3.8, 4) is 11.1 Å². The summed E-state index contributed by atoms with van der Waals surface area (Å²) in [4.78, 5) is 26.8. The quantitative estimate of drug-likeness (QED) is 0.385. The number of carbonyl (C=O) groups excluding carboxylic acids is 2. The van der Waals surface area contributed by atoms with Crippen molar-refractivity contribution < 1.29 is 40.3 Å². The number of halogens is 6. The molecule has 31 heavy (non-hydrogen) atoms. The highest BCUT2D eigenvalue weighted by atomic mass is 32.2. The molecule has 12 heteroatoms. The summed E-state index contributed by atoms with van der Waals surface area (Å²) in [5.41, 5.74) is -3.46. The predicted molar refractivity (Wildman–Crippen MR) is 98.6 cm³/mol. The zero-order valence-corrected chi connectivity index (χ0v) is 15.7. The average molecular weight is 458 g/mol. The van der Waals surface area contributed by atoms with Crippen LogP contribution in [-0.4, -0.2) is 16.1 Å². The Kier molecular flexibility index (Phi) is 4.84. The van der Waals surface area contributed by atoms with Crippen molar-refractivity contribution in [1.29, 1.82) is 0 Å². The van der Waals surface area contributed by atoms with Crippen LogP contribution in [0.1, 0.15) is 16.9 Å². The number of alkyl halides is 6. The summed E-state index contributed by atoms with van der Waals surface area (Å²) in [6, 6.07) is 2.58. The molecule has 0 bridgehead atoms. The number of pyridine rings is 1. The molecule has 5 nitrogen and oxygen atoms in total. The zero-order chi connectivity index (χ0) is 22.6. The highest BCUT2D eigenvalue weighted by Gasteiger charge is 2.37. The van der Waals surface area contributed by atoms with Crippen molar-refractivity contribution in [3.63, 3.8) is 0 Å². The second kappa shape index (κ2) is 7.15. The van der Waals surface area contributed by atoms with Crippen LogP contribution in [0.25, 0.3) is 28.2 Å². The maximum atomic E-state index is 13.2. The number of aromatic nitrogens is 1. The van der Waals surface area contributed by atoms with Crippen LogP contribution < -0.4 is 5.32 Å². The van der Waals surface area contributed by atoms with Gasteiger partial charge in [-0.25, -0.2) is 0 Å². The van der Waals surface area contributed by atoms with Gasteiger partial charge in [0.05, 0.1) is 16.0 Å². The lowest BCUT2D eigenvalue weighted by Crippen LogP contribution is -2.17. The second-order valence-corrected chi connectivity index (χ2v) is 7.42. The molecule has 0 spiro atoms. The van der Waals surface area contributed by atoms with Gasteiger partial charge in [0.2, 0.25) is 0 Å². The molecule has 1 aromatic carbocycles. The van der Waals surface area contributed by atoms with Gasteiger partial charge in [0.15, 0.2) is 0 Å². The van der Waals surface area contributed by atoms with Crippen molar-refractivity contribution in [2.45, 2.75) is 12.4 Å². The number of furan rings is 1. The van der Waals surface area contributed by atoms with Crippen molar-refractivity contribution in [3.05, 3.63) is 58.5 Å². The van der Waals surface area contributed by atoms with Crippen molar-refractivity contribution in [1.82, 2.24) is 10.3 Å². The smallest absolute Gasteiger partial charge is 0.416 e. The Morgan fingerprint density at radius 3 is 2.13 bits per heavy atom. The van der Waals surface area contributed by atoms with Gasteiger partial charge in [0, 0.05) is 29.4 Å². The van der Waals surface area contributed by atoms with Crippen LogP contribution in [0.5, 0.6) is 0 Å². The molecule has 1 fully saturated rings. The lowest BCUT2D eigenvalue weighted by atomic mass is 9.99. The van der Waals surface area contributed by atoms with Crippen LogP contribution in [0.3, 0.4) is 0 Å². The van der Waals surface area contributed by atoms with E-state index in [1.54, 1.807) is 0 Å². The van der Waals surface area contributed by atoms with Gasteiger partial charge in [-0.15, -0.1) is 0 Å². The number of imide groups is 1. The molecule has 3 aromatic rings. The Morgan fingerprint density at radius 1 is 0.935 bits per heavy atom. The molecule has 1 N–H and O–H groups in total. The molecule has 2 amide bonds. The number of fused-ring (bicyclic) bond motifs is 1. The minimum absolute atomic E-state index is 0.0240. The first-order valence-electron chi connectivity index (χ1n) is 8.34. The standard InChI is InChI=1S/C19H8F6N2O3S/c20-18(21,22)10-1-8(2-11(4-10)19(23,24)25)13-7-26-6-9-3-12(30-15(9)13)5-14-16(28)27-17(29)31-14/h1-7H,(H,27,28,29)/b14-5-. The van der Waals surface area contributed by atoms with Crippen LogP contribution in [0.4, 0.5) is 31.1 Å². The van der Waals surface area contributed by atoms with E-state index in [0.717, 1.165) is 6.20 Å². The fourth-order valence-electron chi connectivity index (χ4n) is 2.92. The number of nitrogens with one attached hydrogen (secondary N) is 1. The average Bonchev–Trinajstić information content (AvgIpc) is 3.21. The van der Waals surface area contributed by atoms with Gasteiger partial charge in [-0.05, 0) is 41.6 Å².